The summed E-state index contributed by atoms with van der Waals surface area (Å²) in [5, 5.41) is 3.03. The average molecular weight is 381 g/mol. The number of nitrogens with one attached hydrogen (secondary N) is 1. The summed E-state index contributed by atoms with van der Waals surface area (Å²) >= 11 is 0. The van der Waals surface area contributed by atoms with E-state index < -0.39 is 6.04 Å². The van der Waals surface area contributed by atoms with Gasteiger partial charge in [0.2, 0.25) is 11.8 Å². The van der Waals surface area contributed by atoms with Gasteiger partial charge in [0, 0.05) is 25.9 Å². The van der Waals surface area contributed by atoms with Crippen LogP contribution in [0.5, 0.6) is 0 Å². The van der Waals surface area contributed by atoms with Crippen LogP contribution in [0.4, 0.5) is 0 Å². The third kappa shape index (κ3) is 6.22. The Balaban J connectivity index is 2.34. The van der Waals surface area contributed by atoms with E-state index in [0.29, 0.717) is 31.8 Å². The van der Waals surface area contributed by atoms with E-state index in [1.807, 2.05) is 68.4 Å². The second kappa shape index (κ2) is 10.6. The molecule has 28 heavy (non-hydrogen) atoms. The van der Waals surface area contributed by atoms with Crippen LogP contribution in [0.25, 0.3) is 0 Å². The summed E-state index contributed by atoms with van der Waals surface area (Å²) < 4.78 is 0. The zero-order valence-corrected chi connectivity index (χ0v) is 17.4. The molecule has 0 fully saturated rings. The van der Waals surface area contributed by atoms with Gasteiger partial charge in [0.1, 0.15) is 6.04 Å². The first-order valence-corrected chi connectivity index (χ1v) is 10.1. The third-order valence-electron chi connectivity index (χ3n) is 4.86. The number of benzene rings is 2. The first-order chi connectivity index (χ1) is 13.4. The Labute approximate surface area is 169 Å². The molecule has 0 aliphatic rings. The van der Waals surface area contributed by atoms with E-state index in [4.69, 9.17) is 0 Å². The van der Waals surface area contributed by atoms with Gasteiger partial charge >= 0.3 is 0 Å². The van der Waals surface area contributed by atoms with Gasteiger partial charge < -0.3 is 10.2 Å². The van der Waals surface area contributed by atoms with Crippen molar-refractivity contribution < 1.29 is 9.59 Å². The maximum absolute atomic E-state index is 13.1. The largest absolute Gasteiger partial charge is 0.354 e. The van der Waals surface area contributed by atoms with Gasteiger partial charge in [0.25, 0.3) is 0 Å². The van der Waals surface area contributed by atoms with E-state index in [-0.39, 0.29) is 11.8 Å². The number of carbonyl (C=O) groups excluding carboxylic acids is 2. The van der Waals surface area contributed by atoms with Gasteiger partial charge in [-0.15, -0.1) is 0 Å². The molecule has 4 heteroatoms. The second-order valence-electron chi connectivity index (χ2n) is 7.65. The molecule has 1 N–H and O–H groups in total. The smallest absolute Gasteiger partial charge is 0.243 e. The Morgan fingerprint density at radius 3 is 2.25 bits per heavy atom. The molecule has 4 nitrogen and oxygen atoms in total. The highest BCUT2D eigenvalue weighted by molar-refractivity contribution is 5.88. The van der Waals surface area contributed by atoms with Crippen LogP contribution in [0.1, 0.15) is 43.9 Å². The Kier molecular flexibility index (Phi) is 8.24. The normalized spacial score (nSPS) is 11.9. The van der Waals surface area contributed by atoms with Crippen molar-refractivity contribution in [1.82, 2.24) is 10.2 Å². The van der Waals surface area contributed by atoms with Crippen molar-refractivity contribution in [1.29, 1.82) is 0 Å². The Morgan fingerprint density at radius 2 is 1.64 bits per heavy atom. The molecule has 0 saturated carbocycles. The lowest BCUT2D eigenvalue weighted by Gasteiger charge is -2.32. The van der Waals surface area contributed by atoms with Crippen molar-refractivity contribution >= 4 is 11.8 Å². The van der Waals surface area contributed by atoms with Crippen LogP contribution in [-0.2, 0) is 22.6 Å². The fourth-order valence-electron chi connectivity index (χ4n) is 3.15. The SMILES string of the molecule is CCC(=O)N(Cc1ccccc1C)[C@H](Cc1ccccc1)C(=O)NCC(C)C. The number of aryl methyl sites for hydroxylation is 1. The molecule has 0 spiro atoms. The molecule has 0 radical (unpaired) electrons. The number of hydrogen-bond donors (Lipinski definition) is 1. The zero-order valence-electron chi connectivity index (χ0n) is 17.4. The average Bonchev–Trinajstić information content (AvgIpc) is 2.70. The highest BCUT2D eigenvalue weighted by atomic mass is 16.2. The molecule has 0 aliphatic heterocycles. The van der Waals surface area contributed by atoms with E-state index in [0.717, 1.165) is 16.7 Å². The topological polar surface area (TPSA) is 49.4 Å². The van der Waals surface area contributed by atoms with Gasteiger partial charge in [-0.2, -0.15) is 0 Å². The Hall–Kier alpha value is -2.62. The van der Waals surface area contributed by atoms with Gasteiger partial charge in [0.15, 0.2) is 0 Å². The van der Waals surface area contributed by atoms with Crippen molar-refractivity contribution in [3.63, 3.8) is 0 Å². The van der Waals surface area contributed by atoms with Crippen LogP contribution in [-0.4, -0.2) is 29.3 Å². The minimum absolute atomic E-state index is 0.0103. The van der Waals surface area contributed by atoms with Crippen molar-refractivity contribution in [2.24, 2.45) is 5.92 Å². The van der Waals surface area contributed by atoms with Gasteiger partial charge in [-0.25, -0.2) is 0 Å². The van der Waals surface area contributed by atoms with Crippen LogP contribution in [0.3, 0.4) is 0 Å². The van der Waals surface area contributed by atoms with Crippen molar-refractivity contribution in [3.05, 3.63) is 71.3 Å². The van der Waals surface area contributed by atoms with Crippen molar-refractivity contribution in [2.45, 2.75) is 53.1 Å². The molecule has 1 atom stereocenters. The summed E-state index contributed by atoms with van der Waals surface area (Å²) in [7, 11) is 0. The number of rotatable bonds is 9. The number of hydrogen-bond acceptors (Lipinski definition) is 2. The summed E-state index contributed by atoms with van der Waals surface area (Å²) in [6, 6.07) is 17.4. The second-order valence-corrected chi connectivity index (χ2v) is 7.65. The standard InChI is InChI=1S/C24H32N2O2/c1-5-23(27)26(17-21-14-10-9-11-19(21)4)22(24(28)25-16-18(2)3)15-20-12-7-6-8-13-20/h6-14,18,22H,5,15-17H2,1-4H3,(H,25,28)/t22-/m1/s1. The highest BCUT2D eigenvalue weighted by Crippen LogP contribution is 2.17. The molecule has 150 valence electrons. The summed E-state index contributed by atoms with van der Waals surface area (Å²) in [4.78, 5) is 27.7. The van der Waals surface area contributed by atoms with Gasteiger partial charge in [-0.05, 0) is 29.5 Å². The van der Waals surface area contributed by atoms with Crippen LogP contribution in [0.2, 0.25) is 0 Å². The third-order valence-corrected chi connectivity index (χ3v) is 4.86. The summed E-state index contributed by atoms with van der Waals surface area (Å²) in [5.74, 6) is 0.254. The van der Waals surface area contributed by atoms with Gasteiger partial charge in [-0.3, -0.25) is 9.59 Å². The lowest BCUT2D eigenvalue weighted by Crippen LogP contribution is -2.51. The molecule has 0 aliphatic carbocycles. The lowest BCUT2D eigenvalue weighted by atomic mass is 10.0. The van der Waals surface area contributed by atoms with Gasteiger partial charge in [-0.1, -0.05) is 75.4 Å². The first kappa shape index (κ1) is 21.7. The molecule has 2 aromatic carbocycles. The molecule has 2 aromatic rings. The predicted octanol–water partition coefficient (Wildman–Crippen LogP) is 4.12. The molecular formula is C24H32N2O2. The zero-order chi connectivity index (χ0) is 20.5. The van der Waals surface area contributed by atoms with Crippen molar-refractivity contribution in [3.8, 4) is 0 Å². The van der Waals surface area contributed by atoms with Crippen LogP contribution in [0.15, 0.2) is 54.6 Å². The van der Waals surface area contributed by atoms with Crippen molar-refractivity contribution in [2.75, 3.05) is 6.54 Å². The molecule has 0 heterocycles. The number of nitrogens with zero attached hydrogens (tertiary/aromatic N) is 1. The van der Waals surface area contributed by atoms with E-state index in [1.54, 1.807) is 4.90 Å². The molecule has 0 saturated heterocycles. The summed E-state index contributed by atoms with van der Waals surface area (Å²) in [6.07, 6.45) is 0.872. The van der Waals surface area contributed by atoms with Crippen LogP contribution in [0, 0.1) is 12.8 Å². The minimum atomic E-state index is -0.534. The van der Waals surface area contributed by atoms with E-state index in [1.165, 1.54) is 0 Å². The molecule has 2 amide bonds. The fourth-order valence-corrected chi connectivity index (χ4v) is 3.15. The summed E-state index contributed by atoms with van der Waals surface area (Å²) in [5.41, 5.74) is 3.24. The van der Waals surface area contributed by atoms with E-state index >= 15 is 0 Å². The van der Waals surface area contributed by atoms with E-state index in [2.05, 4.69) is 19.2 Å². The molecule has 0 unspecified atom stereocenters. The molecular weight excluding hydrogens is 348 g/mol. The Morgan fingerprint density at radius 1 is 1.00 bits per heavy atom. The lowest BCUT2D eigenvalue weighted by molar-refractivity contribution is -0.141. The Bertz CT molecular complexity index is 771. The monoisotopic (exact) mass is 380 g/mol. The highest BCUT2D eigenvalue weighted by Gasteiger charge is 2.29. The number of carbonyl (C=O) groups is 2. The summed E-state index contributed by atoms with van der Waals surface area (Å²) in [6.45, 7) is 9.05. The minimum Gasteiger partial charge on any atom is -0.354 e. The van der Waals surface area contributed by atoms with E-state index in [9.17, 15) is 9.59 Å². The molecule has 2 rings (SSSR count). The first-order valence-electron chi connectivity index (χ1n) is 10.1. The fraction of sp³-hybridized carbons (Fsp3) is 0.417. The maximum atomic E-state index is 13.1. The van der Waals surface area contributed by atoms with Crippen LogP contribution < -0.4 is 5.32 Å². The number of amides is 2. The molecule has 0 bridgehead atoms. The van der Waals surface area contributed by atoms with Gasteiger partial charge in [0.05, 0.1) is 0 Å². The molecule has 0 aromatic heterocycles. The quantitative estimate of drug-likeness (QED) is 0.711. The predicted molar refractivity (Wildman–Crippen MR) is 114 cm³/mol. The maximum Gasteiger partial charge on any atom is 0.243 e. The van der Waals surface area contributed by atoms with Crippen LogP contribution >= 0.6 is 0 Å².